The van der Waals surface area contributed by atoms with Gasteiger partial charge in [-0.3, -0.25) is 4.79 Å². The number of hydrogen-bond acceptors (Lipinski definition) is 3. The summed E-state index contributed by atoms with van der Waals surface area (Å²) in [5.41, 5.74) is 4.49. The minimum atomic E-state index is -0.0980. The summed E-state index contributed by atoms with van der Waals surface area (Å²) in [5.74, 6) is -0.0980. The van der Waals surface area contributed by atoms with E-state index in [1.807, 2.05) is 61.5 Å². The minimum absolute atomic E-state index is 0.0980. The first-order valence-corrected chi connectivity index (χ1v) is 8.90. The average molecular weight is 345 g/mol. The predicted molar refractivity (Wildman–Crippen MR) is 107 cm³/mol. The summed E-state index contributed by atoms with van der Waals surface area (Å²) in [5, 5.41) is 3.38. The van der Waals surface area contributed by atoms with E-state index in [-0.39, 0.29) is 5.91 Å². The van der Waals surface area contributed by atoms with Crippen LogP contribution >= 0.6 is 0 Å². The van der Waals surface area contributed by atoms with Crippen molar-refractivity contribution in [3.8, 4) is 0 Å². The highest BCUT2D eigenvalue weighted by molar-refractivity contribution is 6.04. The molecule has 3 aromatic rings. The molecule has 1 heterocycles. The molecule has 0 saturated heterocycles. The van der Waals surface area contributed by atoms with Gasteiger partial charge in [0.15, 0.2) is 0 Å². The molecule has 4 heteroatoms. The molecule has 0 radical (unpaired) electrons. The van der Waals surface area contributed by atoms with Crippen LogP contribution in [-0.2, 0) is 6.42 Å². The number of anilines is 3. The van der Waals surface area contributed by atoms with E-state index in [1.54, 1.807) is 17.2 Å². The molecule has 0 fully saturated rings. The highest BCUT2D eigenvalue weighted by Gasteiger charge is 2.17. The number of nitrogens with one attached hydrogen (secondary N) is 1. The second-order valence-electron chi connectivity index (χ2n) is 5.95. The Balaban J connectivity index is 1.77. The maximum absolute atomic E-state index is 12.8. The number of carbonyl (C=O) groups excluding carboxylic acids is 1. The lowest BCUT2D eigenvalue weighted by atomic mass is 10.1. The Morgan fingerprint density at radius 2 is 1.69 bits per heavy atom. The Morgan fingerprint density at radius 3 is 2.35 bits per heavy atom. The zero-order valence-electron chi connectivity index (χ0n) is 15.1. The van der Waals surface area contributed by atoms with Crippen LogP contribution in [-0.4, -0.2) is 17.4 Å². The van der Waals surface area contributed by atoms with Crippen molar-refractivity contribution in [3.63, 3.8) is 0 Å². The smallest absolute Gasteiger partial charge is 0.276 e. The number of nitrogens with zero attached hydrogens (tertiary/aromatic N) is 2. The Kier molecular flexibility index (Phi) is 5.64. The molecule has 0 atom stereocenters. The summed E-state index contributed by atoms with van der Waals surface area (Å²) in [6, 6.07) is 21.5. The number of benzene rings is 2. The van der Waals surface area contributed by atoms with Crippen molar-refractivity contribution in [1.82, 2.24) is 4.98 Å². The number of pyridine rings is 1. The summed E-state index contributed by atoms with van der Waals surface area (Å²) in [4.78, 5) is 18.9. The second-order valence-corrected chi connectivity index (χ2v) is 5.95. The van der Waals surface area contributed by atoms with E-state index in [2.05, 4.69) is 23.3 Å². The van der Waals surface area contributed by atoms with Crippen LogP contribution < -0.4 is 10.2 Å². The molecule has 2 aromatic carbocycles. The maximum atomic E-state index is 12.8. The molecular formula is C22H23N3O. The fourth-order valence-electron chi connectivity index (χ4n) is 2.89. The van der Waals surface area contributed by atoms with E-state index >= 15 is 0 Å². The van der Waals surface area contributed by atoms with Crippen LogP contribution in [0.15, 0.2) is 72.9 Å². The monoisotopic (exact) mass is 345 g/mol. The molecule has 132 valence electrons. The Morgan fingerprint density at radius 1 is 0.962 bits per heavy atom. The fraction of sp³-hybridized carbons (Fsp3) is 0.182. The molecule has 0 aliphatic carbocycles. The number of hydrogen-bond donors (Lipinski definition) is 1. The lowest BCUT2D eigenvalue weighted by Gasteiger charge is -2.20. The van der Waals surface area contributed by atoms with Crippen molar-refractivity contribution < 1.29 is 4.79 Å². The Bertz CT molecular complexity index is 860. The average Bonchev–Trinajstić information content (AvgIpc) is 2.70. The fourth-order valence-corrected chi connectivity index (χ4v) is 2.89. The van der Waals surface area contributed by atoms with Crippen molar-refractivity contribution >= 4 is 23.0 Å². The predicted octanol–water partition coefficient (Wildman–Crippen LogP) is 5.05. The molecular weight excluding hydrogens is 322 g/mol. The molecule has 4 nitrogen and oxygen atoms in total. The van der Waals surface area contributed by atoms with Gasteiger partial charge in [0.2, 0.25) is 0 Å². The third kappa shape index (κ3) is 3.91. The van der Waals surface area contributed by atoms with E-state index in [9.17, 15) is 4.79 Å². The normalized spacial score (nSPS) is 10.4. The van der Waals surface area contributed by atoms with Crippen LogP contribution in [0.5, 0.6) is 0 Å². The number of rotatable bonds is 6. The van der Waals surface area contributed by atoms with Crippen LogP contribution in [0.1, 0.15) is 29.9 Å². The Hall–Kier alpha value is -3.14. The topological polar surface area (TPSA) is 45.2 Å². The van der Waals surface area contributed by atoms with E-state index in [0.717, 1.165) is 23.5 Å². The molecule has 0 aliphatic rings. The summed E-state index contributed by atoms with van der Waals surface area (Å²) in [7, 11) is 0. The molecule has 0 spiro atoms. The van der Waals surface area contributed by atoms with Gasteiger partial charge in [0.1, 0.15) is 5.69 Å². The van der Waals surface area contributed by atoms with Crippen LogP contribution in [0.4, 0.5) is 17.1 Å². The van der Waals surface area contributed by atoms with Crippen LogP contribution in [0.3, 0.4) is 0 Å². The molecule has 3 rings (SSSR count). The Labute approximate surface area is 154 Å². The molecule has 1 aromatic heterocycles. The second kappa shape index (κ2) is 8.30. The molecule has 1 N–H and O–H groups in total. The summed E-state index contributed by atoms with van der Waals surface area (Å²) in [6.45, 7) is 4.68. The highest BCUT2D eigenvalue weighted by atomic mass is 16.2. The van der Waals surface area contributed by atoms with Gasteiger partial charge in [-0.05, 0) is 49.2 Å². The van der Waals surface area contributed by atoms with Gasteiger partial charge in [0.05, 0.1) is 11.9 Å². The quantitative estimate of drug-likeness (QED) is 0.679. The first-order valence-electron chi connectivity index (χ1n) is 8.90. The van der Waals surface area contributed by atoms with Gasteiger partial charge < -0.3 is 10.2 Å². The molecule has 1 amide bonds. The first-order chi connectivity index (χ1) is 12.7. The van der Waals surface area contributed by atoms with Gasteiger partial charge in [-0.15, -0.1) is 0 Å². The third-order valence-electron chi connectivity index (χ3n) is 4.29. The lowest BCUT2D eigenvalue weighted by Crippen LogP contribution is -2.31. The standard InChI is InChI=1S/C22H23N3O/c1-3-17-10-8-9-13-20(17)24-18-14-15-21(23-16-18)22(26)25(4-2)19-11-6-5-7-12-19/h5-16,24H,3-4H2,1-2H3. The van der Waals surface area contributed by atoms with Crippen molar-refractivity contribution in [2.75, 3.05) is 16.8 Å². The number of amides is 1. The van der Waals surface area contributed by atoms with Crippen LogP contribution in [0, 0.1) is 0 Å². The third-order valence-corrected chi connectivity index (χ3v) is 4.29. The number of aryl methyl sites for hydroxylation is 1. The van der Waals surface area contributed by atoms with Gasteiger partial charge in [0, 0.05) is 17.9 Å². The number of para-hydroxylation sites is 2. The summed E-state index contributed by atoms with van der Waals surface area (Å²) in [6.07, 6.45) is 2.66. The lowest BCUT2D eigenvalue weighted by molar-refractivity contribution is 0.0983. The number of aromatic nitrogens is 1. The van der Waals surface area contributed by atoms with Gasteiger partial charge in [-0.25, -0.2) is 4.98 Å². The van der Waals surface area contributed by atoms with Gasteiger partial charge >= 0.3 is 0 Å². The molecule has 0 saturated carbocycles. The van der Waals surface area contributed by atoms with Crippen molar-refractivity contribution in [2.45, 2.75) is 20.3 Å². The zero-order valence-corrected chi connectivity index (χ0v) is 15.1. The summed E-state index contributed by atoms with van der Waals surface area (Å²) < 4.78 is 0. The number of carbonyl (C=O) groups is 1. The summed E-state index contributed by atoms with van der Waals surface area (Å²) >= 11 is 0. The minimum Gasteiger partial charge on any atom is -0.354 e. The van der Waals surface area contributed by atoms with E-state index in [0.29, 0.717) is 12.2 Å². The van der Waals surface area contributed by atoms with Gasteiger partial charge in [0.25, 0.3) is 5.91 Å². The highest BCUT2D eigenvalue weighted by Crippen LogP contribution is 2.21. The molecule has 0 aliphatic heterocycles. The van der Waals surface area contributed by atoms with Crippen molar-refractivity contribution in [3.05, 3.63) is 84.2 Å². The van der Waals surface area contributed by atoms with Gasteiger partial charge in [-0.1, -0.05) is 43.3 Å². The van der Waals surface area contributed by atoms with E-state index in [4.69, 9.17) is 0 Å². The van der Waals surface area contributed by atoms with E-state index < -0.39 is 0 Å². The van der Waals surface area contributed by atoms with Gasteiger partial charge in [-0.2, -0.15) is 0 Å². The van der Waals surface area contributed by atoms with Crippen LogP contribution in [0.2, 0.25) is 0 Å². The molecule has 0 bridgehead atoms. The SMILES string of the molecule is CCc1ccccc1Nc1ccc(C(=O)N(CC)c2ccccc2)nc1. The maximum Gasteiger partial charge on any atom is 0.276 e. The van der Waals surface area contributed by atoms with Crippen LogP contribution in [0.25, 0.3) is 0 Å². The largest absolute Gasteiger partial charge is 0.354 e. The molecule has 26 heavy (non-hydrogen) atoms. The van der Waals surface area contributed by atoms with Crippen molar-refractivity contribution in [2.24, 2.45) is 0 Å². The first kappa shape index (κ1) is 17.7. The zero-order chi connectivity index (χ0) is 18.4. The van der Waals surface area contributed by atoms with E-state index in [1.165, 1.54) is 5.56 Å². The molecule has 0 unspecified atom stereocenters. The van der Waals surface area contributed by atoms with Crippen molar-refractivity contribution in [1.29, 1.82) is 0 Å².